The lowest BCUT2D eigenvalue weighted by Gasteiger charge is -2.21. The number of amides is 4. The van der Waals surface area contributed by atoms with Gasteiger partial charge in [0.25, 0.3) is 5.91 Å². The predicted molar refractivity (Wildman–Crippen MR) is 106 cm³/mol. The van der Waals surface area contributed by atoms with E-state index in [1.165, 1.54) is 0 Å². The Balaban J connectivity index is 1.78. The van der Waals surface area contributed by atoms with Crippen LogP contribution in [-0.2, 0) is 17.9 Å². The molecule has 2 aromatic rings. The molecular weight excluding hydrogens is 374 g/mol. The van der Waals surface area contributed by atoms with Crippen LogP contribution < -0.4 is 14.8 Å². The molecular formula is C21H23N3O5. The van der Waals surface area contributed by atoms with E-state index in [1.54, 1.807) is 56.5 Å². The van der Waals surface area contributed by atoms with Crippen molar-refractivity contribution in [3.8, 4) is 11.5 Å². The number of carbonyl (C=O) groups is 3. The first-order valence-electron chi connectivity index (χ1n) is 9.07. The molecule has 29 heavy (non-hydrogen) atoms. The summed E-state index contributed by atoms with van der Waals surface area (Å²) in [5, 5.41) is 2.48. The molecule has 8 nitrogen and oxygen atoms in total. The van der Waals surface area contributed by atoms with E-state index in [1.807, 2.05) is 12.1 Å². The maximum Gasteiger partial charge on any atom is 0.324 e. The van der Waals surface area contributed by atoms with E-state index in [-0.39, 0.29) is 24.9 Å². The molecule has 1 aliphatic heterocycles. The molecule has 0 unspecified atom stereocenters. The highest BCUT2D eigenvalue weighted by Crippen LogP contribution is 2.28. The minimum absolute atomic E-state index is 0.0197. The SMILES string of the molecule is COc1ccc(CN(C)C(=O)c2ccccc2CN2C(=O)CNC2=O)cc1OC. The van der Waals surface area contributed by atoms with Gasteiger partial charge < -0.3 is 19.7 Å². The van der Waals surface area contributed by atoms with Crippen molar-refractivity contribution >= 4 is 17.8 Å². The molecule has 0 atom stereocenters. The van der Waals surface area contributed by atoms with E-state index in [0.29, 0.717) is 29.2 Å². The standard InChI is InChI=1S/C21H23N3O5/c1-23(12-14-8-9-17(28-2)18(10-14)29-3)20(26)16-7-5-4-6-15(16)13-24-19(25)11-22-21(24)27/h4-10H,11-13H2,1-3H3,(H,22,27). The quantitative estimate of drug-likeness (QED) is 0.723. The van der Waals surface area contributed by atoms with E-state index >= 15 is 0 Å². The molecule has 1 aliphatic rings. The molecule has 0 saturated carbocycles. The van der Waals surface area contributed by atoms with Crippen LogP contribution in [-0.4, -0.2) is 55.5 Å². The second-order valence-electron chi connectivity index (χ2n) is 6.65. The average Bonchev–Trinajstić information content (AvgIpc) is 3.05. The number of hydrogen-bond donors (Lipinski definition) is 1. The zero-order valence-corrected chi connectivity index (χ0v) is 16.6. The van der Waals surface area contributed by atoms with Crippen LogP contribution >= 0.6 is 0 Å². The van der Waals surface area contributed by atoms with Gasteiger partial charge in [0.1, 0.15) is 0 Å². The number of nitrogens with zero attached hydrogens (tertiary/aromatic N) is 2. The molecule has 0 aliphatic carbocycles. The Morgan fingerprint density at radius 2 is 1.83 bits per heavy atom. The minimum Gasteiger partial charge on any atom is -0.493 e. The summed E-state index contributed by atoms with van der Waals surface area (Å²) in [6.07, 6.45) is 0. The fourth-order valence-corrected chi connectivity index (χ4v) is 3.18. The number of carbonyl (C=O) groups excluding carboxylic acids is 3. The van der Waals surface area contributed by atoms with Crippen molar-refractivity contribution in [2.75, 3.05) is 27.8 Å². The Bertz CT molecular complexity index is 928. The Kier molecular flexibility index (Phi) is 6.01. The van der Waals surface area contributed by atoms with Crippen LogP contribution in [0.3, 0.4) is 0 Å². The van der Waals surface area contributed by atoms with Gasteiger partial charge >= 0.3 is 6.03 Å². The molecule has 1 N–H and O–H groups in total. The summed E-state index contributed by atoms with van der Waals surface area (Å²) in [5.41, 5.74) is 1.94. The highest BCUT2D eigenvalue weighted by Gasteiger charge is 2.29. The summed E-state index contributed by atoms with van der Waals surface area (Å²) in [6, 6.07) is 12.0. The molecule has 1 fully saturated rings. The lowest BCUT2D eigenvalue weighted by Crippen LogP contribution is -2.32. The second-order valence-corrected chi connectivity index (χ2v) is 6.65. The largest absolute Gasteiger partial charge is 0.493 e. The Labute approximate surface area is 169 Å². The Hall–Kier alpha value is -3.55. The number of methoxy groups -OCH3 is 2. The van der Waals surface area contributed by atoms with Gasteiger partial charge in [-0.25, -0.2) is 4.79 Å². The summed E-state index contributed by atoms with van der Waals surface area (Å²) >= 11 is 0. The lowest BCUT2D eigenvalue weighted by atomic mass is 10.1. The maximum absolute atomic E-state index is 13.1. The summed E-state index contributed by atoms with van der Waals surface area (Å²) < 4.78 is 10.6. The third-order valence-corrected chi connectivity index (χ3v) is 4.73. The summed E-state index contributed by atoms with van der Waals surface area (Å²) in [7, 11) is 4.82. The summed E-state index contributed by atoms with van der Waals surface area (Å²) in [5.74, 6) is 0.687. The van der Waals surface area contributed by atoms with E-state index in [2.05, 4.69) is 5.32 Å². The molecule has 0 aromatic heterocycles. The van der Waals surface area contributed by atoms with Crippen LogP contribution in [0.25, 0.3) is 0 Å². The van der Waals surface area contributed by atoms with Crippen molar-refractivity contribution in [2.45, 2.75) is 13.1 Å². The monoisotopic (exact) mass is 397 g/mol. The zero-order chi connectivity index (χ0) is 21.0. The first-order valence-corrected chi connectivity index (χ1v) is 9.07. The third-order valence-electron chi connectivity index (χ3n) is 4.73. The molecule has 4 amide bonds. The number of urea groups is 1. The van der Waals surface area contributed by atoms with Crippen molar-refractivity contribution in [1.82, 2.24) is 15.1 Å². The van der Waals surface area contributed by atoms with Gasteiger partial charge in [0.05, 0.1) is 27.3 Å². The van der Waals surface area contributed by atoms with Gasteiger partial charge in [-0.15, -0.1) is 0 Å². The second kappa shape index (κ2) is 8.64. The average molecular weight is 397 g/mol. The summed E-state index contributed by atoms with van der Waals surface area (Å²) in [6.45, 7) is 0.390. The molecule has 3 rings (SSSR count). The molecule has 8 heteroatoms. The number of imide groups is 1. The van der Waals surface area contributed by atoms with E-state index < -0.39 is 6.03 Å². The van der Waals surface area contributed by atoms with Crippen molar-refractivity contribution in [3.05, 3.63) is 59.2 Å². The van der Waals surface area contributed by atoms with Crippen molar-refractivity contribution < 1.29 is 23.9 Å². The highest BCUT2D eigenvalue weighted by atomic mass is 16.5. The number of ether oxygens (including phenoxy) is 2. The zero-order valence-electron chi connectivity index (χ0n) is 16.6. The fraction of sp³-hybridized carbons (Fsp3) is 0.286. The van der Waals surface area contributed by atoms with Gasteiger partial charge in [-0.3, -0.25) is 14.5 Å². The molecule has 152 valence electrons. The van der Waals surface area contributed by atoms with Gasteiger partial charge in [0.2, 0.25) is 5.91 Å². The van der Waals surface area contributed by atoms with E-state index in [4.69, 9.17) is 9.47 Å². The molecule has 2 aromatic carbocycles. The van der Waals surface area contributed by atoms with E-state index in [9.17, 15) is 14.4 Å². The van der Waals surface area contributed by atoms with Crippen LogP contribution in [0.15, 0.2) is 42.5 Å². The first-order chi connectivity index (χ1) is 13.9. The molecule has 0 radical (unpaired) electrons. The van der Waals surface area contributed by atoms with Crippen LogP contribution in [0.5, 0.6) is 11.5 Å². The topological polar surface area (TPSA) is 88.2 Å². The van der Waals surface area contributed by atoms with Crippen molar-refractivity contribution in [2.24, 2.45) is 0 Å². The minimum atomic E-state index is -0.448. The molecule has 1 saturated heterocycles. The lowest BCUT2D eigenvalue weighted by molar-refractivity contribution is -0.125. The van der Waals surface area contributed by atoms with Gasteiger partial charge in [-0.2, -0.15) is 0 Å². The smallest absolute Gasteiger partial charge is 0.324 e. The third kappa shape index (κ3) is 4.31. The van der Waals surface area contributed by atoms with Crippen molar-refractivity contribution in [3.63, 3.8) is 0 Å². The van der Waals surface area contributed by atoms with Crippen LogP contribution in [0, 0.1) is 0 Å². The highest BCUT2D eigenvalue weighted by molar-refractivity contribution is 6.02. The Morgan fingerprint density at radius 3 is 2.48 bits per heavy atom. The molecule has 0 spiro atoms. The first kappa shape index (κ1) is 20.2. The number of benzene rings is 2. The van der Waals surface area contributed by atoms with Crippen LogP contribution in [0.2, 0.25) is 0 Å². The number of hydrogen-bond acceptors (Lipinski definition) is 5. The number of rotatable bonds is 7. The summed E-state index contributed by atoms with van der Waals surface area (Å²) in [4.78, 5) is 39.5. The predicted octanol–water partition coefficient (Wildman–Crippen LogP) is 2.03. The molecule has 0 bridgehead atoms. The Morgan fingerprint density at radius 1 is 1.10 bits per heavy atom. The van der Waals surface area contributed by atoms with Gasteiger partial charge in [-0.1, -0.05) is 24.3 Å². The number of nitrogens with one attached hydrogen (secondary N) is 1. The van der Waals surface area contributed by atoms with Crippen LogP contribution in [0.1, 0.15) is 21.5 Å². The fourth-order valence-electron chi connectivity index (χ4n) is 3.18. The maximum atomic E-state index is 13.1. The van der Waals surface area contributed by atoms with Gasteiger partial charge in [0, 0.05) is 19.2 Å². The van der Waals surface area contributed by atoms with Gasteiger partial charge in [0.15, 0.2) is 11.5 Å². The molecule has 1 heterocycles. The van der Waals surface area contributed by atoms with Gasteiger partial charge in [-0.05, 0) is 29.3 Å². The van der Waals surface area contributed by atoms with Crippen LogP contribution in [0.4, 0.5) is 4.79 Å². The van der Waals surface area contributed by atoms with Crippen molar-refractivity contribution in [1.29, 1.82) is 0 Å². The normalized spacial score (nSPS) is 13.3. The van der Waals surface area contributed by atoms with E-state index in [0.717, 1.165) is 10.5 Å².